The maximum atomic E-state index is 13.1. The highest BCUT2D eigenvalue weighted by molar-refractivity contribution is 7.90. The minimum absolute atomic E-state index is 0.510. The SMILES string of the molecule is COc1cccc(/C=C/C(=O)NS(=O)(=O)c2c(Cl)cccc2C(F)(F)F)c1. The Morgan fingerprint density at radius 2 is 1.85 bits per heavy atom. The summed E-state index contributed by atoms with van der Waals surface area (Å²) in [6.07, 6.45) is -2.81. The summed E-state index contributed by atoms with van der Waals surface area (Å²) in [6.45, 7) is 0. The van der Waals surface area contributed by atoms with Crippen LogP contribution in [0.5, 0.6) is 5.75 Å². The molecule has 0 atom stereocenters. The average molecular weight is 420 g/mol. The monoisotopic (exact) mass is 419 g/mol. The number of amides is 1. The van der Waals surface area contributed by atoms with Crippen molar-refractivity contribution in [3.63, 3.8) is 0 Å². The lowest BCUT2D eigenvalue weighted by Gasteiger charge is -2.14. The van der Waals surface area contributed by atoms with Crippen molar-refractivity contribution < 1.29 is 31.1 Å². The first-order valence-electron chi connectivity index (χ1n) is 7.29. The van der Waals surface area contributed by atoms with E-state index in [-0.39, 0.29) is 0 Å². The molecule has 2 aromatic carbocycles. The molecule has 0 heterocycles. The molecule has 0 aliphatic rings. The van der Waals surface area contributed by atoms with Crippen molar-refractivity contribution in [1.29, 1.82) is 0 Å². The molecule has 0 saturated carbocycles. The summed E-state index contributed by atoms with van der Waals surface area (Å²) in [4.78, 5) is 10.7. The summed E-state index contributed by atoms with van der Waals surface area (Å²) in [7, 11) is -3.40. The predicted octanol–water partition coefficient (Wildman–Crippen LogP) is 3.89. The van der Waals surface area contributed by atoms with Crippen molar-refractivity contribution >= 4 is 33.6 Å². The van der Waals surface area contributed by atoms with Gasteiger partial charge in [-0.2, -0.15) is 13.2 Å². The second-order valence-electron chi connectivity index (χ2n) is 5.19. The lowest BCUT2D eigenvalue weighted by atomic mass is 10.2. The summed E-state index contributed by atoms with van der Waals surface area (Å²) in [6, 6.07) is 9.03. The van der Waals surface area contributed by atoms with Gasteiger partial charge in [-0.1, -0.05) is 29.8 Å². The zero-order valence-electron chi connectivity index (χ0n) is 13.7. The van der Waals surface area contributed by atoms with E-state index in [4.69, 9.17) is 16.3 Å². The van der Waals surface area contributed by atoms with Gasteiger partial charge in [0.15, 0.2) is 0 Å². The standard InChI is InChI=1S/C17H13ClF3NO4S/c1-26-12-5-2-4-11(10-12)8-9-15(23)22-27(24,25)16-13(17(19,20)21)6-3-7-14(16)18/h2-10H,1H3,(H,22,23)/b9-8+. The van der Waals surface area contributed by atoms with E-state index in [0.29, 0.717) is 17.4 Å². The average Bonchev–Trinajstić information content (AvgIpc) is 2.58. The molecule has 5 nitrogen and oxygen atoms in total. The molecular weight excluding hydrogens is 407 g/mol. The number of carbonyl (C=O) groups is 1. The van der Waals surface area contributed by atoms with Crippen LogP contribution in [0.2, 0.25) is 5.02 Å². The molecule has 0 aliphatic heterocycles. The number of carbonyl (C=O) groups excluding carboxylic acids is 1. The molecule has 1 N–H and O–H groups in total. The van der Waals surface area contributed by atoms with Crippen LogP contribution in [0.15, 0.2) is 53.4 Å². The zero-order valence-corrected chi connectivity index (χ0v) is 15.3. The predicted molar refractivity (Wildman–Crippen MR) is 93.8 cm³/mol. The van der Waals surface area contributed by atoms with Gasteiger partial charge in [-0.15, -0.1) is 0 Å². The molecule has 0 aliphatic carbocycles. The van der Waals surface area contributed by atoms with Crippen LogP contribution in [-0.4, -0.2) is 21.4 Å². The Morgan fingerprint density at radius 3 is 2.48 bits per heavy atom. The highest BCUT2D eigenvalue weighted by Gasteiger charge is 2.38. The number of ether oxygens (including phenoxy) is 1. The van der Waals surface area contributed by atoms with E-state index < -0.39 is 37.6 Å². The van der Waals surface area contributed by atoms with E-state index in [1.54, 1.807) is 29.0 Å². The molecule has 1 amide bonds. The number of hydrogen-bond acceptors (Lipinski definition) is 4. The second-order valence-corrected chi connectivity index (χ2v) is 7.22. The van der Waals surface area contributed by atoms with Gasteiger partial charge in [-0.05, 0) is 35.9 Å². The van der Waals surface area contributed by atoms with Crippen LogP contribution >= 0.6 is 11.6 Å². The van der Waals surface area contributed by atoms with Gasteiger partial charge in [0.25, 0.3) is 15.9 Å². The number of alkyl halides is 3. The topological polar surface area (TPSA) is 72.5 Å². The number of benzene rings is 2. The summed E-state index contributed by atoms with van der Waals surface area (Å²) in [5.74, 6) is -0.623. The van der Waals surface area contributed by atoms with E-state index in [1.807, 2.05) is 0 Å². The largest absolute Gasteiger partial charge is 0.497 e. The fourth-order valence-corrected chi connectivity index (χ4v) is 3.85. The van der Waals surface area contributed by atoms with Crippen LogP contribution in [0.3, 0.4) is 0 Å². The van der Waals surface area contributed by atoms with Crippen LogP contribution in [-0.2, 0) is 21.0 Å². The Morgan fingerprint density at radius 1 is 1.19 bits per heavy atom. The summed E-state index contributed by atoms with van der Waals surface area (Å²) in [5, 5.41) is -0.651. The lowest BCUT2D eigenvalue weighted by Crippen LogP contribution is -2.31. The zero-order chi connectivity index (χ0) is 20.2. The van der Waals surface area contributed by atoms with Crippen LogP contribution < -0.4 is 9.46 Å². The number of halogens is 4. The number of methoxy groups -OCH3 is 1. The lowest BCUT2D eigenvalue weighted by molar-refractivity contribution is -0.140. The van der Waals surface area contributed by atoms with E-state index in [1.165, 1.54) is 13.2 Å². The Kier molecular flexibility index (Phi) is 6.17. The third-order valence-corrected chi connectivity index (χ3v) is 5.17. The molecule has 144 valence electrons. The Bertz CT molecular complexity index is 988. The van der Waals surface area contributed by atoms with Crippen LogP contribution in [0.25, 0.3) is 6.08 Å². The van der Waals surface area contributed by atoms with Gasteiger partial charge in [-0.25, -0.2) is 13.1 Å². The van der Waals surface area contributed by atoms with E-state index >= 15 is 0 Å². The molecule has 0 spiro atoms. The van der Waals surface area contributed by atoms with Crippen molar-refractivity contribution in [2.75, 3.05) is 7.11 Å². The molecule has 2 rings (SSSR count). The quantitative estimate of drug-likeness (QED) is 0.746. The molecule has 0 saturated heterocycles. The van der Waals surface area contributed by atoms with Crippen LogP contribution in [0.4, 0.5) is 13.2 Å². The first-order chi connectivity index (χ1) is 12.5. The van der Waals surface area contributed by atoms with Gasteiger partial charge in [0.05, 0.1) is 17.7 Å². The Labute approximate surface area is 158 Å². The van der Waals surface area contributed by atoms with Gasteiger partial charge in [-0.3, -0.25) is 4.79 Å². The molecule has 0 bridgehead atoms. The second kappa shape index (κ2) is 8.01. The van der Waals surface area contributed by atoms with Crippen molar-refractivity contribution in [2.24, 2.45) is 0 Å². The first kappa shape index (κ1) is 20.8. The minimum Gasteiger partial charge on any atom is -0.497 e. The summed E-state index contributed by atoms with van der Waals surface area (Å²) >= 11 is 5.65. The summed E-state index contributed by atoms with van der Waals surface area (Å²) < 4.78 is 70.3. The molecule has 10 heteroatoms. The van der Waals surface area contributed by atoms with Crippen LogP contribution in [0.1, 0.15) is 11.1 Å². The van der Waals surface area contributed by atoms with Gasteiger partial charge in [0, 0.05) is 6.08 Å². The van der Waals surface area contributed by atoms with E-state index in [0.717, 1.165) is 18.2 Å². The molecule has 0 radical (unpaired) electrons. The molecule has 0 unspecified atom stereocenters. The van der Waals surface area contributed by atoms with Gasteiger partial charge in [0.2, 0.25) is 0 Å². The van der Waals surface area contributed by atoms with Crippen molar-refractivity contribution in [3.8, 4) is 5.75 Å². The molecular formula is C17H13ClF3NO4S. The maximum Gasteiger partial charge on any atom is 0.417 e. The third kappa shape index (κ3) is 5.24. The van der Waals surface area contributed by atoms with Crippen molar-refractivity contribution in [3.05, 3.63) is 64.7 Å². The molecule has 0 fully saturated rings. The normalized spacial score (nSPS) is 12.2. The highest BCUT2D eigenvalue weighted by Crippen LogP contribution is 2.37. The maximum absolute atomic E-state index is 13.1. The number of rotatable bonds is 5. The minimum atomic E-state index is -4.96. The van der Waals surface area contributed by atoms with Crippen LogP contribution in [0, 0.1) is 0 Å². The van der Waals surface area contributed by atoms with Crippen molar-refractivity contribution in [2.45, 2.75) is 11.1 Å². The van der Waals surface area contributed by atoms with Crippen molar-refractivity contribution in [1.82, 2.24) is 4.72 Å². The number of nitrogens with one attached hydrogen (secondary N) is 1. The Hall–Kier alpha value is -2.52. The Balaban J connectivity index is 2.29. The molecule has 2 aromatic rings. The van der Waals surface area contributed by atoms with E-state index in [2.05, 4.69) is 0 Å². The smallest absolute Gasteiger partial charge is 0.417 e. The van der Waals surface area contributed by atoms with E-state index in [9.17, 15) is 26.4 Å². The third-order valence-electron chi connectivity index (χ3n) is 3.30. The van der Waals surface area contributed by atoms with Gasteiger partial charge >= 0.3 is 6.18 Å². The van der Waals surface area contributed by atoms with Gasteiger partial charge in [0.1, 0.15) is 10.6 Å². The number of sulfonamides is 1. The van der Waals surface area contributed by atoms with Gasteiger partial charge < -0.3 is 4.74 Å². The fourth-order valence-electron chi connectivity index (χ4n) is 2.14. The first-order valence-corrected chi connectivity index (χ1v) is 9.15. The number of hydrogen-bond donors (Lipinski definition) is 1. The fraction of sp³-hybridized carbons (Fsp3) is 0.118. The molecule has 27 heavy (non-hydrogen) atoms. The molecule has 0 aromatic heterocycles. The highest BCUT2D eigenvalue weighted by atomic mass is 35.5. The summed E-state index contributed by atoms with van der Waals surface area (Å²) in [5.41, 5.74) is -0.942.